The molecule has 118 valence electrons. The van der Waals surface area contributed by atoms with Gasteiger partial charge in [0, 0.05) is 19.1 Å². The fourth-order valence-electron chi connectivity index (χ4n) is 2.57. The highest BCUT2D eigenvalue weighted by atomic mass is 79.9. The molecule has 1 aliphatic rings. The van der Waals surface area contributed by atoms with Crippen molar-refractivity contribution in [2.45, 2.75) is 38.1 Å². The van der Waals surface area contributed by atoms with Crippen molar-refractivity contribution in [2.24, 2.45) is 11.1 Å². The van der Waals surface area contributed by atoms with Gasteiger partial charge < -0.3 is 5.73 Å². The van der Waals surface area contributed by atoms with Crippen LogP contribution in [0.5, 0.6) is 0 Å². The van der Waals surface area contributed by atoms with Gasteiger partial charge in [0.25, 0.3) is 0 Å². The molecular formula is C14H20BrFN2O2S. The van der Waals surface area contributed by atoms with Gasteiger partial charge in [-0.2, -0.15) is 4.31 Å². The minimum atomic E-state index is -3.65. The lowest BCUT2D eigenvalue weighted by Gasteiger charge is -2.41. The molecule has 2 N–H and O–H groups in total. The minimum Gasteiger partial charge on any atom is -0.327 e. The van der Waals surface area contributed by atoms with Gasteiger partial charge in [-0.1, -0.05) is 13.8 Å². The molecule has 7 heteroatoms. The molecule has 21 heavy (non-hydrogen) atoms. The average molecular weight is 379 g/mol. The van der Waals surface area contributed by atoms with Crippen molar-refractivity contribution < 1.29 is 12.8 Å². The van der Waals surface area contributed by atoms with Crippen LogP contribution >= 0.6 is 15.9 Å². The largest absolute Gasteiger partial charge is 0.327 e. The van der Waals surface area contributed by atoms with E-state index in [-0.39, 0.29) is 20.8 Å². The van der Waals surface area contributed by atoms with E-state index in [0.717, 1.165) is 0 Å². The molecule has 1 fully saturated rings. The second kappa shape index (κ2) is 5.61. The Balaban J connectivity index is 2.42. The van der Waals surface area contributed by atoms with E-state index in [0.29, 0.717) is 25.1 Å². The zero-order valence-corrected chi connectivity index (χ0v) is 14.8. The van der Waals surface area contributed by atoms with E-state index in [9.17, 15) is 12.8 Å². The number of rotatable bonds is 2. The molecule has 0 radical (unpaired) electrons. The molecule has 4 nitrogen and oxygen atoms in total. The Kier molecular flexibility index (Phi) is 4.50. The fourth-order valence-corrected chi connectivity index (χ4v) is 4.93. The summed E-state index contributed by atoms with van der Waals surface area (Å²) in [6.07, 6.45) is 0.619. The van der Waals surface area contributed by atoms with Gasteiger partial charge in [-0.3, -0.25) is 0 Å². The van der Waals surface area contributed by atoms with Gasteiger partial charge in [0.2, 0.25) is 10.0 Å². The lowest BCUT2D eigenvalue weighted by atomic mass is 9.81. The van der Waals surface area contributed by atoms with Crippen LogP contribution in [-0.4, -0.2) is 31.9 Å². The number of hydrogen-bond acceptors (Lipinski definition) is 3. The van der Waals surface area contributed by atoms with E-state index in [1.807, 2.05) is 13.8 Å². The monoisotopic (exact) mass is 378 g/mol. The fraction of sp³-hybridized carbons (Fsp3) is 0.571. The molecular weight excluding hydrogens is 359 g/mol. The molecule has 1 unspecified atom stereocenters. The molecule has 0 bridgehead atoms. The van der Waals surface area contributed by atoms with Crippen LogP contribution in [0, 0.1) is 18.2 Å². The standard InChI is InChI=1S/C14H20BrFN2O2S/c1-9-6-11(16)10(15)7-12(9)21(19,20)18-5-4-13(17)14(2,3)8-18/h6-7,13H,4-5,8,17H2,1-3H3. The first-order valence-electron chi connectivity index (χ1n) is 6.77. The number of nitrogens with two attached hydrogens (primary N) is 1. The summed E-state index contributed by atoms with van der Waals surface area (Å²) in [4.78, 5) is 0.141. The number of hydrogen-bond donors (Lipinski definition) is 1. The van der Waals surface area contributed by atoms with E-state index < -0.39 is 15.8 Å². The highest BCUT2D eigenvalue weighted by Gasteiger charge is 2.39. The molecule has 0 aliphatic carbocycles. The maximum Gasteiger partial charge on any atom is 0.243 e. The van der Waals surface area contributed by atoms with Crippen molar-refractivity contribution in [3.05, 3.63) is 28.0 Å². The maximum atomic E-state index is 13.5. The predicted octanol–water partition coefficient (Wildman–Crippen LogP) is 2.64. The summed E-state index contributed by atoms with van der Waals surface area (Å²) in [6, 6.07) is 2.55. The van der Waals surface area contributed by atoms with Gasteiger partial charge >= 0.3 is 0 Å². The Morgan fingerprint density at radius 3 is 2.62 bits per heavy atom. The van der Waals surface area contributed by atoms with Gasteiger partial charge in [-0.15, -0.1) is 0 Å². The first kappa shape index (κ1) is 16.9. The van der Waals surface area contributed by atoms with Crippen molar-refractivity contribution >= 4 is 26.0 Å². The number of nitrogens with zero attached hydrogens (tertiary/aromatic N) is 1. The van der Waals surface area contributed by atoms with E-state index >= 15 is 0 Å². The molecule has 0 aromatic heterocycles. The summed E-state index contributed by atoms with van der Waals surface area (Å²) in [5.41, 5.74) is 6.18. The highest BCUT2D eigenvalue weighted by molar-refractivity contribution is 9.10. The van der Waals surface area contributed by atoms with E-state index in [1.165, 1.54) is 16.4 Å². The lowest BCUT2D eigenvalue weighted by Crippen LogP contribution is -2.53. The van der Waals surface area contributed by atoms with Crippen molar-refractivity contribution in [2.75, 3.05) is 13.1 Å². The summed E-state index contributed by atoms with van der Waals surface area (Å²) in [7, 11) is -3.65. The van der Waals surface area contributed by atoms with Gasteiger partial charge in [0.15, 0.2) is 0 Å². The van der Waals surface area contributed by atoms with Crippen LogP contribution in [0.1, 0.15) is 25.8 Å². The Bertz CT molecular complexity index is 661. The number of aryl methyl sites for hydroxylation is 1. The van der Waals surface area contributed by atoms with Crippen molar-refractivity contribution in [1.82, 2.24) is 4.31 Å². The number of piperidine rings is 1. The first-order chi connectivity index (χ1) is 9.55. The van der Waals surface area contributed by atoms with Crippen molar-refractivity contribution in [1.29, 1.82) is 0 Å². The summed E-state index contributed by atoms with van der Waals surface area (Å²) in [5.74, 6) is -0.465. The second-order valence-electron chi connectivity index (χ2n) is 6.25. The second-order valence-corrected chi connectivity index (χ2v) is 9.01. The maximum absolute atomic E-state index is 13.5. The van der Waals surface area contributed by atoms with Gasteiger partial charge in [-0.25, -0.2) is 12.8 Å². The Labute approximate surface area is 133 Å². The summed E-state index contributed by atoms with van der Waals surface area (Å²) >= 11 is 3.05. The minimum absolute atomic E-state index is 0.0231. The molecule has 1 aromatic rings. The topological polar surface area (TPSA) is 63.4 Å². The molecule has 1 aromatic carbocycles. The summed E-state index contributed by atoms with van der Waals surface area (Å²) < 4.78 is 40.7. The Morgan fingerprint density at radius 2 is 2.05 bits per heavy atom. The van der Waals surface area contributed by atoms with E-state index in [4.69, 9.17) is 5.73 Å². The summed E-state index contributed by atoms with van der Waals surface area (Å²) in [6.45, 7) is 6.29. The van der Waals surface area contributed by atoms with Crippen LogP contribution in [-0.2, 0) is 10.0 Å². The lowest BCUT2D eigenvalue weighted by molar-refractivity contribution is 0.155. The van der Waals surface area contributed by atoms with Crippen molar-refractivity contribution in [3.63, 3.8) is 0 Å². The number of sulfonamides is 1. The average Bonchev–Trinajstić information content (AvgIpc) is 2.36. The van der Waals surface area contributed by atoms with Gasteiger partial charge in [0.1, 0.15) is 5.82 Å². The molecule has 2 rings (SSSR count). The predicted molar refractivity (Wildman–Crippen MR) is 84.0 cm³/mol. The molecule has 1 saturated heterocycles. The Hall–Kier alpha value is -0.500. The Morgan fingerprint density at radius 1 is 1.43 bits per heavy atom. The SMILES string of the molecule is Cc1cc(F)c(Br)cc1S(=O)(=O)N1CCC(N)C(C)(C)C1. The molecule has 1 heterocycles. The van der Waals surface area contributed by atoms with Crippen LogP contribution in [0.4, 0.5) is 4.39 Å². The zero-order chi connectivity index (χ0) is 16.0. The third-order valence-corrected chi connectivity index (χ3v) is 6.71. The van der Waals surface area contributed by atoms with Crippen LogP contribution in [0.2, 0.25) is 0 Å². The van der Waals surface area contributed by atoms with Crippen LogP contribution in [0.25, 0.3) is 0 Å². The summed E-state index contributed by atoms with van der Waals surface area (Å²) in [5, 5.41) is 0. The van der Waals surface area contributed by atoms with Crippen LogP contribution < -0.4 is 5.73 Å². The van der Waals surface area contributed by atoms with Gasteiger partial charge in [0.05, 0.1) is 9.37 Å². The van der Waals surface area contributed by atoms with Crippen molar-refractivity contribution in [3.8, 4) is 0 Å². The molecule has 0 saturated carbocycles. The molecule has 0 amide bonds. The number of halogens is 2. The van der Waals surface area contributed by atoms with Gasteiger partial charge in [-0.05, 0) is 52.4 Å². The third kappa shape index (κ3) is 3.16. The highest BCUT2D eigenvalue weighted by Crippen LogP contribution is 2.33. The molecule has 0 spiro atoms. The zero-order valence-electron chi connectivity index (χ0n) is 12.4. The molecule has 1 aliphatic heterocycles. The normalized spacial score (nSPS) is 23.2. The smallest absolute Gasteiger partial charge is 0.243 e. The third-order valence-electron chi connectivity index (χ3n) is 4.11. The van der Waals surface area contributed by atoms with Crippen LogP contribution in [0.15, 0.2) is 21.5 Å². The quantitative estimate of drug-likeness (QED) is 0.859. The number of benzene rings is 1. The first-order valence-corrected chi connectivity index (χ1v) is 9.00. The van der Waals surface area contributed by atoms with Crippen LogP contribution in [0.3, 0.4) is 0 Å². The van der Waals surface area contributed by atoms with E-state index in [2.05, 4.69) is 15.9 Å². The van der Waals surface area contributed by atoms with E-state index in [1.54, 1.807) is 6.92 Å². The molecule has 1 atom stereocenters.